The van der Waals surface area contributed by atoms with Gasteiger partial charge >= 0.3 is 0 Å². The predicted octanol–water partition coefficient (Wildman–Crippen LogP) is 1.02. The fourth-order valence-electron chi connectivity index (χ4n) is 0.371. The lowest BCUT2D eigenvalue weighted by molar-refractivity contribution is 0.0829. The zero-order chi connectivity index (χ0) is 5.70. The van der Waals surface area contributed by atoms with Crippen LogP contribution < -0.4 is 0 Å². The molecule has 0 aromatic heterocycles. The molecule has 42 valence electrons. The zero-order valence-corrected chi connectivity index (χ0v) is 4.52. The van der Waals surface area contributed by atoms with Crippen molar-refractivity contribution in [3.05, 3.63) is 0 Å². The summed E-state index contributed by atoms with van der Waals surface area (Å²) in [5, 5.41) is 19.8. The third kappa shape index (κ3) is 5.92. The molecule has 7 heavy (non-hydrogen) atoms. The fraction of sp³-hybridized carbons (Fsp3) is 1.00. The van der Waals surface area contributed by atoms with E-state index in [2.05, 4.69) is 0 Å². The van der Waals surface area contributed by atoms with Crippen LogP contribution in [0, 0.1) is 0 Å². The summed E-state index contributed by atoms with van der Waals surface area (Å²) < 4.78 is 0. The maximum atomic E-state index is 10.1. The molecular weight excluding hydrogens is 92.1 g/mol. The smallest absolute Gasteiger partial charge is 0.0903 e. The van der Waals surface area contributed by atoms with Crippen LogP contribution in [0.5, 0.6) is 0 Å². The van der Waals surface area contributed by atoms with Crippen LogP contribution in [0.2, 0.25) is 0 Å². The molecule has 2 radical (unpaired) electrons. The summed E-state index contributed by atoms with van der Waals surface area (Å²) >= 11 is 0. The van der Waals surface area contributed by atoms with Crippen molar-refractivity contribution in [2.75, 3.05) is 6.61 Å². The zero-order valence-electron chi connectivity index (χ0n) is 4.52. The summed E-state index contributed by atoms with van der Waals surface area (Å²) in [4.78, 5) is 0. The van der Waals surface area contributed by atoms with Crippen molar-refractivity contribution in [3.63, 3.8) is 0 Å². The molecule has 0 saturated carbocycles. The van der Waals surface area contributed by atoms with Gasteiger partial charge in [0.15, 0.2) is 0 Å². The molecule has 1 atom stereocenters. The van der Waals surface area contributed by atoms with Crippen molar-refractivity contribution in [1.29, 1.82) is 0 Å². The second kappa shape index (κ2) is 4.09. The van der Waals surface area contributed by atoms with E-state index in [0.29, 0.717) is 12.8 Å². The van der Waals surface area contributed by atoms with Crippen LogP contribution in [0.1, 0.15) is 19.8 Å². The quantitative estimate of drug-likeness (QED) is 0.510. The summed E-state index contributed by atoms with van der Waals surface area (Å²) in [6.07, 6.45) is 0.516. The Labute approximate surface area is 43.8 Å². The topological polar surface area (TPSA) is 39.8 Å². The second-order valence-corrected chi connectivity index (χ2v) is 1.66. The molecule has 0 aliphatic rings. The molecule has 2 nitrogen and oxygen atoms in total. The van der Waals surface area contributed by atoms with Crippen LogP contribution >= 0.6 is 0 Å². The maximum Gasteiger partial charge on any atom is 0.0903 e. The average Bonchev–Trinajstić information content (AvgIpc) is 1.61. The van der Waals surface area contributed by atoms with E-state index in [1.807, 2.05) is 0 Å². The summed E-state index contributed by atoms with van der Waals surface area (Å²) in [7, 11) is 0. The molecule has 0 aromatic rings. The Balaban J connectivity index is 2.68. The first-order valence-corrected chi connectivity index (χ1v) is 2.51. The molecule has 2 heteroatoms. The highest BCUT2D eigenvalue weighted by Gasteiger charge is 1.94. The summed E-state index contributed by atoms with van der Waals surface area (Å²) in [5.41, 5.74) is 0. The van der Waals surface area contributed by atoms with Gasteiger partial charge in [-0.1, -0.05) is 0 Å². The van der Waals surface area contributed by atoms with E-state index in [1.165, 1.54) is 0 Å². The van der Waals surface area contributed by atoms with E-state index in [1.54, 1.807) is 6.92 Å². The van der Waals surface area contributed by atoms with Crippen LogP contribution in [0.25, 0.3) is 0 Å². The molecule has 0 aliphatic carbocycles. The van der Waals surface area contributed by atoms with Crippen molar-refractivity contribution < 1.29 is 10.2 Å². The van der Waals surface area contributed by atoms with E-state index in [4.69, 9.17) is 0 Å². The second-order valence-electron chi connectivity index (χ2n) is 1.66. The first-order chi connectivity index (χ1) is 3.27. The Morgan fingerprint density at radius 1 is 1.57 bits per heavy atom. The van der Waals surface area contributed by atoms with Gasteiger partial charge in [0.2, 0.25) is 0 Å². The number of hydrogen-bond acceptors (Lipinski definition) is 0. The molecule has 1 unspecified atom stereocenters. The van der Waals surface area contributed by atoms with Gasteiger partial charge < -0.3 is 0 Å². The van der Waals surface area contributed by atoms with E-state index in [9.17, 15) is 10.2 Å². The minimum absolute atomic E-state index is 0.105. The van der Waals surface area contributed by atoms with Gasteiger partial charge in [-0.2, -0.15) is 0 Å². The fourth-order valence-corrected chi connectivity index (χ4v) is 0.371. The highest BCUT2D eigenvalue weighted by molar-refractivity contribution is 4.43. The third-order valence-electron chi connectivity index (χ3n) is 0.755. The van der Waals surface area contributed by atoms with Crippen LogP contribution in [0.15, 0.2) is 0 Å². The Morgan fingerprint density at radius 3 is 2.29 bits per heavy atom. The summed E-state index contributed by atoms with van der Waals surface area (Å²) in [5.74, 6) is 0. The lowest BCUT2D eigenvalue weighted by Gasteiger charge is -1.94. The van der Waals surface area contributed by atoms with Crippen LogP contribution in [-0.2, 0) is 10.2 Å². The minimum Gasteiger partial charge on any atom is -0.237 e. The molecule has 0 bridgehead atoms. The van der Waals surface area contributed by atoms with Crippen molar-refractivity contribution in [2.24, 2.45) is 0 Å². The van der Waals surface area contributed by atoms with Gasteiger partial charge in [-0.05, 0) is 19.8 Å². The standard InChI is InChI=1S/C5H10O2/c1-5(7)3-2-4-6/h5H,2-4H2,1H3. The summed E-state index contributed by atoms with van der Waals surface area (Å²) in [6, 6.07) is 0. The Hall–Kier alpha value is -0.0800. The molecule has 0 amide bonds. The van der Waals surface area contributed by atoms with Gasteiger partial charge in [0.25, 0.3) is 0 Å². The SMILES string of the molecule is CC([O])CCC[O]. The Morgan fingerprint density at radius 2 is 2.14 bits per heavy atom. The molecular formula is C5H10O2. The van der Waals surface area contributed by atoms with Gasteiger partial charge in [-0.25, -0.2) is 10.2 Å². The van der Waals surface area contributed by atoms with Crippen molar-refractivity contribution in [1.82, 2.24) is 0 Å². The van der Waals surface area contributed by atoms with Crippen LogP contribution in [0.4, 0.5) is 0 Å². The van der Waals surface area contributed by atoms with Gasteiger partial charge in [0, 0.05) is 0 Å². The minimum atomic E-state index is -0.547. The van der Waals surface area contributed by atoms with Gasteiger partial charge in [0.05, 0.1) is 12.7 Å². The average molecular weight is 102 g/mol. The summed E-state index contributed by atoms with van der Waals surface area (Å²) in [6.45, 7) is 1.47. The number of rotatable bonds is 3. The maximum absolute atomic E-state index is 10.1. The largest absolute Gasteiger partial charge is 0.237 e. The molecule has 0 N–H and O–H groups in total. The van der Waals surface area contributed by atoms with Crippen molar-refractivity contribution in [2.45, 2.75) is 25.9 Å². The van der Waals surface area contributed by atoms with Crippen LogP contribution in [0.3, 0.4) is 0 Å². The highest BCUT2D eigenvalue weighted by Crippen LogP contribution is 1.93. The molecule has 0 rings (SSSR count). The number of hydrogen-bond donors (Lipinski definition) is 0. The molecule has 0 aliphatic heterocycles. The monoisotopic (exact) mass is 102 g/mol. The lowest BCUT2D eigenvalue weighted by atomic mass is 10.2. The lowest BCUT2D eigenvalue weighted by Crippen LogP contribution is -1.97. The molecule has 0 heterocycles. The molecule has 0 spiro atoms. The van der Waals surface area contributed by atoms with E-state index in [0.717, 1.165) is 0 Å². The van der Waals surface area contributed by atoms with E-state index >= 15 is 0 Å². The first kappa shape index (κ1) is 6.92. The van der Waals surface area contributed by atoms with Crippen molar-refractivity contribution in [3.8, 4) is 0 Å². The van der Waals surface area contributed by atoms with E-state index < -0.39 is 6.10 Å². The van der Waals surface area contributed by atoms with Crippen molar-refractivity contribution >= 4 is 0 Å². The van der Waals surface area contributed by atoms with Gasteiger partial charge in [-0.15, -0.1) is 0 Å². The van der Waals surface area contributed by atoms with Gasteiger partial charge in [0.1, 0.15) is 0 Å². The van der Waals surface area contributed by atoms with E-state index in [-0.39, 0.29) is 6.61 Å². The molecule has 0 saturated heterocycles. The predicted molar refractivity (Wildman–Crippen MR) is 24.9 cm³/mol. The first-order valence-electron chi connectivity index (χ1n) is 2.51. The Bertz CT molecular complexity index is 35.1. The van der Waals surface area contributed by atoms with Gasteiger partial charge in [-0.3, -0.25) is 0 Å². The highest BCUT2D eigenvalue weighted by atomic mass is 16.3. The normalized spacial score (nSPS) is 14.1. The molecule has 0 aromatic carbocycles. The molecule has 0 fully saturated rings. The van der Waals surface area contributed by atoms with Crippen LogP contribution in [-0.4, -0.2) is 12.7 Å². The third-order valence-corrected chi connectivity index (χ3v) is 0.755. The Kier molecular flexibility index (Phi) is 4.04.